The molecule has 0 radical (unpaired) electrons. The highest BCUT2D eigenvalue weighted by Gasteiger charge is 2.16. The Morgan fingerprint density at radius 1 is 1.53 bits per heavy atom. The monoisotopic (exact) mass is 257 g/mol. The van der Waals surface area contributed by atoms with E-state index in [2.05, 4.69) is 10.3 Å². The molecule has 1 heterocycles. The third-order valence-electron chi connectivity index (χ3n) is 1.58. The number of carbonyl (C=O) groups is 2. The number of nitrogens with one attached hydrogen (secondary N) is 1. The zero-order valence-electron chi connectivity index (χ0n) is 9.94. The van der Waals surface area contributed by atoms with E-state index in [4.69, 9.17) is 10.5 Å². The summed E-state index contributed by atoms with van der Waals surface area (Å²) in [5.74, 6) is -0.522. The average molecular weight is 257 g/mol. The quantitative estimate of drug-likeness (QED) is 0.852. The van der Waals surface area contributed by atoms with Crippen LogP contribution in [0.15, 0.2) is 6.20 Å². The Morgan fingerprint density at radius 3 is 2.65 bits per heavy atom. The lowest BCUT2D eigenvalue weighted by Crippen LogP contribution is -2.32. The van der Waals surface area contributed by atoms with E-state index in [1.54, 1.807) is 20.8 Å². The van der Waals surface area contributed by atoms with Crippen LogP contribution in [0.25, 0.3) is 0 Å². The molecule has 0 unspecified atom stereocenters. The fraction of sp³-hybridized carbons (Fsp3) is 0.500. The summed E-state index contributed by atoms with van der Waals surface area (Å²) < 4.78 is 5.05. The molecule has 7 heteroatoms. The predicted octanol–water partition coefficient (Wildman–Crippen LogP) is 1.27. The second-order valence-electron chi connectivity index (χ2n) is 4.34. The number of amides is 2. The van der Waals surface area contributed by atoms with Gasteiger partial charge in [-0.1, -0.05) is 0 Å². The smallest absolute Gasteiger partial charge is 0.408 e. The lowest BCUT2D eigenvalue weighted by Gasteiger charge is -2.19. The van der Waals surface area contributed by atoms with Gasteiger partial charge in [-0.05, 0) is 20.8 Å². The molecule has 94 valence electrons. The number of primary amides is 1. The molecule has 3 N–H and O–H groups in total. The molecular weight excluding hydrogens is 242 g/mol. The van der Waals surface area contributed by atoms with Gasteiger partial charge >= 0.3 is 6.09 Å². The molecule has 17 heavy (non-hydrogen) atoms. The van der Waals surface area contributed by atoms with E-state index in [1.165, 1.54) is 6.20 Å². The van der Waals surface area contributed by atoms with Crippen molar-refractivity contribution in [1.29, 1.82) is 0 Å². The number of thiazole rings is 1. The van der Waals surface area contributed by atoms with Gasteiger partial charge < -0.3 is 15.8 Å². The van der Waals surface area contributed by atoms with Gasteiger partial charge in [-0.2, -0.15) is 0 Å². The lowest BCUT2D eigenvalue weighted by atomic mass is 10.2. The fourth-order valence-corrected chi connectivity index (χ4v) is 1.68. The second-order valence-corrected chi connectivity index (χ2v) is 5.45. The number of nitrogens with zero attached hydrogens (tertiary/aromatic N) is 1. The van der Waals surface area contributed by atoms with Crippen molar-refractivity contribution in [3.05, 3.63) is 16.1 Å². The van der Waals surface area contributed by atoms with Crippen LogP contribution in [0.1, 0.15) is 35.5 Å². The molecule has 1 aromatic heterocycles. The van der Waals surface area contributed by atoms with Gasteiger partial charge in [0, 0.05) is 0 Å². The van der Waals surface area contributed by atoms with E-state index >= 15 is 0 Å². The second kappa shape index (κ2) is 5.13. The van der Waals surface area contributed by atoms with Crippen LogP contribution in [0.4, 0.5) is 4.79 Å². The van der Waals surface area contributed by atoms with Crippen LogP contribution in [0.5, 0.6) is 0 Å². The molecule has 0 saturated carbocycles. The highest BCUT2D eigenvalue weighted by atomic mass is 32.1. The van der Waals surface area contributed by atoms with Crippen LogP contribution in [0, 0.1) is 0 Å². The number of hydrogen-bond acceptors (Lipinski definition) is 5. The largest absolute Gasteiger partial charge is 0.444 e. The predicted molar refractivity (Wildman–Crippen MR) is 63.7 cm³/mol. The van der Waals surface area contributed by atoms with Crippen molar-refractivity contribution in [3.8, 4) is 0 Å². The Morgan fingerprint density at radius 2 is 2.18 bits per heavy atom. The summed E-state index contributed by atoms with van der Waals surface area (Å²) >= 11 is 1.15. The average Bonchev–Trinajstić information content (AvgIpc) is 2.60. The maximum atomic E-state index is 11.3. The summed E-state index contributed by atoms with van der Waals surface area (Å²) in [5, 5.41) is 3.14. The summed E-state index contributed by atoms with van der Waals surface area (Å²) in [4.78, 5) is 26.5. The summed E-state index contributed by atoms with van der Waals surface area (Å²) in [7, 11) is 0. The van der Waals surface area contributed by atoms with Gasteiger partial charge in [0.05, 0.1) is 12.7 Å². The number of hydrogen-bond donors (Lipinski definition) is 2. The normalized spacial score (nSPS) is 11.0. The molecule has 0 fully saturated rings. The Bertz CT molecular complexity index is 423. The maximum absolute atomic E-state index is 11.3. The summed E-state index contributed by atoms with van der Waals surface area (Å²) in [6.07, 6.45) is 0.868. The van der Waals surface area contributed by atoms with Gasteiger partial charge in [-0.3, -0.25) is 4.79 Å². The number of carbonyl (C=O) groups excluding carboxylic acids is 2. The molecule has 1 aromatic rings. The van der Waals surface area contributed by atoms with E-state index in [1.807, 2.05) is 0 Å². The molecule has 0 saturated heterocycles. The van der Waals surface area contributed by atoms with E-state index in [-0.39, 0.29) is 6.54 Å². The van der Waals surface area contributed by atoms with E-state index < -0.39 is 17.6 Å². The van der Waals surface area contributed by atoms with Crippen LogP contribution in [-0.4, -0.2) is 22.6 Å². The first-order valence-electron chi connectivity index (χ1n) is 4.99. The third kappa shape index (κ3) is 4.81. The maximum Gasteiger partial charge on any atom is 0.408 e. The first kappa shape index (κ1) is 13.4. The van der Waals surface area contributed by atoms with Crippen LogP contribution >= 0.6 is 11.3 Å². The van der Waals surface area contributed by atoms with Crippen LogP contribution in [0.3, 0.4) is 0 Å². The van der Waals surface area contributed by atoms with Gasteiger partial charge in [-0.15, -0.1) is 11.3 Å². The van der Waals surface area contributed by atoms with Gasteiger partial charge in [0.25, 0.3) is 5.91 Å². The van der Waals surface area contributed by atoms with E-state index in [0.29, 0.717) is 9.88 Å². The molecule has 6 nitrogen and oxygen atoms in total. The SMILES string of the molecule is CC(C)(C)OC(=O)NCc1ncc(C(N)=O)s1. The van der Waals surface area contributed by atoms with Gasteiger partial charge in [0.2, 0.25) is 0 Å². The Labute approximate surface area is 103 Å². The van der Waals surface area contributed by atoms with Crippen molar-refractivity contribution < 1.29 is 14.3 Å². The number of alkyl carbamates (subject to hydrolysis) is 1. The Hall–Kier alpha value is -1.63. The summed E-state index contributed by atoms with van der Waals surface area (Å²) in [6.45, 7) is 5.55. The molecule has 0 spiro atoms. The molecule has 0 bridgehead atoms. The van der Waals surface area contributed by atoms with Crippen LogP contribution in [-0.2, 0) is 11.3 Å². The zero-order chi connectivity index (χ0) is 13.1. The molecule has 0 aliphatic carbocycles. The van der Waals surface area contributed by atoms with Gasteiger partial charge in [0.15, 0.2) is 0 Å². The molecule has 0 aromatic carbocycles. The first-order valence-corrected chi connectivity index (χ1v) is 5.81. The summed E-state index contributed by atoms with van der Waals surface area (Å²) in [5.41, 5.74) is 4.55. The highest BCUT2D eigenvalue weighted by molar-refractivity contribution is 7.13. The third-order valence-corrected chi connectivity index (χ3v) is 2.59. The number of aromatic nitrogens is 1. The number of rotatable bonds is 3. The van der Waals surface area contributed by atoms with Crippen molar-refractivity contribution in [2.75, 3.05) is 0 Å². The number of ether oxygens (including phenoxy) is 1. The molecule has 0 aliphatic heterocycles. The van der Waals surface area contributed by atoms with Crippen LogP contribution in [0.2, 0.25) is 0 Å². The standard InChI is InChI=1S/C10H15N3O3S/c1-10(2,3)16-9(15)13-5-7-12-4-6(17-7)8(11)14/h4H,5H2,1-3H3,(H2,11,14)(H,13,15). The minimum atomic E-state index is -0.536. The van der Waals surface area contributed by atoms with Crippen molar-refractivity contribution in [2.45, 2.75) is 32.9 Å². The molecule has 2 amide bonds. The highest BCUT2D eigenvalue weighted by Crippen LogP contribution is 2.12. The molecule has 0 atom stereocenters. The first-order chi connectivity index (χ1) is 7.78. The van der Waals surface area contributed by atoms with E-state index in [0.717, 1.165) is 11.3 Å². The van der Waals surface area contributed by atoms with Gasteiger partial charge in [-0.25, -0.2) is 9.78 Å². The van der Waals surface area contributed by atoms with Gasteiger partial charge in [0.1, 0.15) is 15.5 Å². The molecule has 0 aliphatic rings. The zero-order valence-corrected chi connectivity index (χ0v) is 10.8. The van der Waals surface area contributed by atoms with Crippen molar-refractivity contribution in [2.24, 2.45) is 5.73 Å². The lowest BCUT2D eigenvalue weighted by molar-refractivity contribution is 0.0523. The molecular formula is C10H15N3O3S. The van der Waals surface area contributed by atoms with Crippen molar-refractivity contribution in [3.63, 3.8) is 0 Å². The van der Waals surface area contributed by atoms with E-state index in [9.17, 15) is 9.59 Å². The topological polar surface area (TPSA) is 94.3 Å². The van der Waals surface area contributed by atoms with Crippen LogP contribution < -0.4 is 11.1 Å². The Balaban J connectivity index is 2.45. The molecule has 1 rings (SSSR count). The fourth-order valence-electron chi connectivity index (χ4n) is 0.968. The summed E-state index contributed by atoms with van der Waals surface area (Å²) in [6, 6.07) is 0. The Kier molecular flexibility index (Phi) is 4.06. The minimum absolute atomic E-state index is 0.215. The minimum Gasteiger partial charge on any atom is -0.444 e. The van der Waals surface area contributed by atoms with Crippen molar-refractivity contribution >= 4 is 23.3 Å². The number of nitrogens with two attached hydrogens (primary N) is 1. The van der Waals surface area contributed by atoms with Crippen molar-refractivity contribution in [1.82, 2.24) is 10.3 Å².